The van der Waals surface area contributed by atoms with E-state index < -0.39 is 0 Å². The molecule has 2 rings (SSSR count). The van der Waals surface area contributed by atoms with E-state index >= 15 is 0 Å². The first-order valence-corrected chi connectivity index (χ1v) is 6.94. The molecule has 18 heavy (non-hydrogen) atoms. The summed E-state index contributed by atoms with van der Waals surface area (Å²) in [4.78, 5) is 14.0. The summed E-state index contributed by atoms with van der Waals surface area (Å²) in [7, 11) is 0. The van der Waals surface area contributed by atoms with Gasteiger partial charge < -0.3 is 16.0 Å². The number of benzene rings is 1. The number of halogens is 1. The molecule has 1 atom stereocenters. The number of rotatable bonds is 2. The van der Waals surface area contributed by atoms with Crippen LogP contribution in [0.15, 0.2) is 16.6 Å². The van der Waals surface area contributed by atoms with Crippen LogP contribution in [0.4, 0.5) is 11.4 Å². The highest BCUT2D eigenvalue weighted by molar-refractivity contribution is 9.10. The summed E-state index contributed by atoms with van der Waals surface area (Å²) in [5, 5.41) is 2.91. The summed E-state index contributed by atoms with van der Waals surface area (Å²) in [5.41, 5.74) is 8.73. The van der Waals surface area contributed by atoms with Crippen molar-refractivity contribution in [3.63, 3.8) is 0 Å². The fourth-order valence-electron chi connectivity index (χ4n) is 2.31. The average molecular weight is 312 g/mol. The number of carbonyl (C=O) groups is 1. The van der Waals surface area contributed by atoms with Crippen molar-refractivity contribution in [1.29, 1.82) is 0 Å². The number of hydrogen-bond acceptors (Lipinski definition) is 3. The molecule has 0 saturated carbocycles. The van der Waals surface area contributed by atoms with Gasteiger partial charge in [0.25, 0.3) is 0 Å². The predicted molar refractivity (Wildman–Crippen MR) is 77.7 cm³/mol. The summed E-state index contributed by atoms with van der Waals surface area (Å²) >= 11 is 3.54. The summed E-state index contributed by atoms with van der Waals surface area (Å²) in [6.07, 6.45) is 0.793. The van der Waals surface area contributed by atoms with Gasteiger partial charge in [0.2, 0.25) is 5.91 Å². The first kappa shape index (κ1) is 13.2. The molecule has 98 valence electrons. The number of hydrogen-bond donors (Lipinski definition) is 2. The topological polar surface area (TPSA) is 58.4 Å². The maximum atomic E-state index is 11.9. The molecular weight excluding hydrogens is 294 g/mol. The van der Waals surface area contributed by atoms with Gasteiger partial charge in [-0.15, -0.1) is 0 Å². The second-order valence-electron chi connectivity index (χ2n) is 4.57. The zero-order valence-electron chi connectivity index (χ0n) is 10.7. The van der Waals surface area contributed by atoms with Gasteiger partial charge in [-0.1, -0.05) is 6.92 Å². The van der Waals surface area contributed by atoms with Crippen LogP contribution in [0.2, 0.25) is 0 Å². The molecule has 1 fully saturated rings. The SMILES string of the molecule is CCC1C(=O)NCCN1c1cc(C)c(N)cc1Br. The minimum atomic E-state index is -0.0990. The van der Waals surface area contributed by atoms with Crippen LogP contribution >= 0.6 is 15.9 Å². The van der Waals surface area contributed by atoms with Gasteiger partial charge in [0.1, 0.15) is 6.04 Å². The van der Waals surface area contributed by atoms with E-state index in [4.69, 9.17) is 5.73 Å². The summed E-state index contributed by atoms with van der Waals surface area (Å²) in [5.74, 6) is 0.102. The molecule has 1 aliphatic heterocycles. The van der Waals surface area contributed by atoms with E-state index in [2.05, 4.69) is 26.1 Å². The first-order valence-electron chi connectivity index (χ1n) is 6.14. The smallest absolute Gasteiger partial charge is 0.242 e. The lowest BCUT2D eigenvalue weighted by atomic mass is 10.1. The molecule has 0 aromatic heterocycles. The van der Waals surface area contributed by atoms with Gasteiger partial charge in [0.15, 0.2) is 0 Å². The average Bonchev–Trinajstić information content (AvgIpc) is 2.33. The Morgan fingerprint density at radius 3 is 2.94 bits per heavy atom. The molecule has 1 amide bonds. The third-order valence-corrected chi connectivity index (χ3v) is 4.00. The van der Waals surface area contributed by atoms with E-state index in [1.807, 2.05) is 26.0 Å². The number of anilines is 2. The van der Waals surface area contributed by atoms with Crippen molar-refractivity contribution in [2.45, 2.75) is 26.3 Å². The summed E-state index contributed by atoms with van der Waals surface area (Å²) < 4.78 is 0.943. The van der Waals surface area contributed by atoms with E-state index in [9.17, 15) is 4.79 Å². The third-order valence-electron chi connectivity index (χ3n) is 3.36. The molecule has 1 aromatic carbocycles. The van der Waals surface area contributed by atoms with Gasteiger partial charge in [0, 0.05) is 23.2 Å². The van der Waals surface area contributed by atoms with Crippen LogP contribution in [0.1, 0.15) is 18.9 Å². The summed E-state index contributed by atoms with van der Waals surface area (Å²) in [6, 6.07) is 3.85. The van der Waals surface area contributed by atoms with Crippen molar-refractivity contribution < 1.29 is 4.79 Å². The van der Waals surface area contributed by atoms with E-state index in [0.717, 1.165) is 34.4 Å². The Morgan fingerprint density at radius 1 is 1.56 bits per heavy atom. The maximum Gasteiger partial charge on any atom is 0.242 e. The number of nitrogens with two attached hydrogens (primary N) is 1. The van der Waals surface area contributed by atoms with Crippen molar-refractivity contribution in [3.8, 4) is 0 Å². The number of piperazine rings is 1. The molecule has 1 aromatic rings. The fraction of sp³-hybridized carbons (Fsp3) is 0.462. The molecule has 1 heterocycles. The Kier molecular flexibility index (Phi) is 3.80. The normalized spacial score (nSPS) is 19.8. The number of amides is 1. The highest BCUT2D eigenvalue weighted by Crippen LogP contribution is 2.33. The fourth-order valence-corrected chi connectivity index (χ4v) is 2.90. The van der Waals surface area contributed by atoms with Gasteiger partial charge in [-0.3, -0.25) is 4.79 Å². The molecule has 1 aliphatic rings. The largest absolute Gasteiger partial charge is 0.398 e. The molecule has 1 saturated heterocycles. The van der Waals surface area contributed by atoms with Gasteiger partial charge in [-0.05, 0) is 47.0 Å². The van der Waals surface area contributed by atoms with Crippen molar-refractivity contribution in [2.24, 2.45) is 0 Å². The molecular formula is C13H18BrN3O. The number of aryl methyl sites for hydroxylation is 1. The highest BCUT2D eigenvalue weighted by Gasteiger charge is 2.29. The Balaban J connectivity index is 2.40. The minimum absolute atomic E-state index is 0.0990. The van der Waals surface area contributed by atoms with Crippen molar-refractivity contribution >= 4 is 33.2 Å². The van der Waals surface area contributed by atoms with Crippen molar-refractivity contribution in [1.82, 2.24) is 5.32 Å². The van der Waals surface area contributed by atoms with E-state index in [-0.39, 0.29) is 11.9 Å². The van der Waals surface area contributed by atoms with Crippen molar-refractivity contribution in [3.05, 3.63) is 22.2 Å². The van der Waals surface area contributed by atoms with Crippen LogP contribution < -0.4 is 16.0 Å². The zero-order valence-corrected chi connectivity index (χ0v) is 12.3. The standard InChI is InChI=1S/C13H18BrN3O/c1-3-11-13(18)16-4-5-17(11)12-6-8(2)10(15)7-9(12)14/h6-7,11H,3-5,15H2,1-2H3,(H,16,18). The molecule has 0 bridgehead atoms. The lowest BCUT2D eigenvalue weighted by molar-refractivity contribution is -0.123. The second kappa shape index (κ2) is 5.18. The lowest BCUT2D eigenvalue weighted by Crippen LogP contribution is -2.55. The third kappa shape index (κ3) is 2.32. The number of nitrogens with one attached hydrogen (secondary N) is 1. The molecule has 4 nitrogen and oxygen atoms in total. The Labute approximate surface area is 116 Å². The summed E-state index contributed by atoms with van der Waals surface area (Å²) in [6.45, 7) is 5.52. The first-order chi connectivity index (χ1) is 8.54. The van der Waals surface area contributed by atoms with E-state index in [1.165, 1.54) is 0 Å². The van der Waals surface area contributed by atoms with Gasteiger partial charge in [-0.2, -0.15) is 0 Å². The Hall–Kier alpha value is -1.23. The van der Waals surface area contributed by atoms with Crippen LogP contribution in [0.25, 0.3) is 0 Å². The Morgan fingerprint density at radius 2 is 2.28 bits per heavy atom. The number of nitrogen functional groups attached to an aromatic ring is 1. The van der Waals surface area contributed by atoms with Gasteiger partial charge in [0.05, 0.1) is 5.69 Å². The minimum Gasteiger partial charge on any atom is -0.398 e. The number of carbonyl (C=O) groups excluding carboxylic acids is 1. The van der Waals surface area contributed by atoms with Gasteiger partial charge >= 0.3 is 0 Å². The van der Waals surface area contributed by atoms with Crippen LogP contribution in [0, 0.1) is 6.92 Å². The van der Waals surface area contributed by atoms with Crippen molar-refractivity contribution in [2.75, 3.05) is 23.7 Å². The highest BCUT2D eigenvalue weighted by atomic mass is 79.9. The quantitative estimate of drug-likeness (QED) is 0.822. The van der Waals surface area contributed by atoms with E-state index in [1.54, 1.807) is 0 Å². The monoisotopic (exact) mass is 311 g/mol. The van der Waals surface area contributed by atoms with E-state index in [0.29, 0.717) is 6.54 Å². The molecule has 0 aliphatic carbocycles. The Bertz CT molecular complexity index is 476. The molecule has 0 radical (unpaired) electrons. The lowest BCUT2D eigenvalue weighted by Gasteiger charge is -2.37. The predicted octanol–water partition coefficient (Wildman–Crippen LogP) is 2.05. The van der Waals surface area contributed by atoms with Crippen LogP contribution in [-0.2, 0) is 4.79 Å². The molecule has 5 heteroatoms. The second-order valence-corrected chi connectivity index (χ2v) is 5.42. The number of nitrogens with zero attached hydrogens (tertiary/aromatic N) is 1. The maximum absolute atomic E-state index is 11.9. The van der Waals surface area contributed by atoms with Crippen LogP contribution in [-0.4, -0.2) is 25.0 Å². The van der Waals surface area contributed by atoms with Crippen LogP contribution in [0.3, 0.4) is 0 Å². The molecule has 0 spiro atoms. The van der Waals surface area contributed by atoms with Gasteiger partial charge in [-0.25, -0.2) is 0 Å². The molecule has 3 N–H and O–H groups in total. The molecule has 1 unspecified atom stereocenters. The van der Waals surface area contributed by atoms with Crippen LogP contribution in [0.5, 0.6) is 0 Å². The zero-order chi connectivity index (χ0) is 13.3.